The Balaban J connectivity index is 1.88. The fourth-order valence-electron chi connectivity index (χ4n) is 2.11. The zero-order valence-electron chi connectivity index (χ0n) is 11.9. The van der Waals surface area contributed by atoms with Crippen LogP contribution in [-0.4, -0.2) is 16.5 Å². The van der Waals surface area contributed by atoms with Gasteiger partial charge in [-0.25, -0.2) is 4.98 Å². The molecule has 0 amide bonds. The minimum Gasteiger partial charge on any atom is -0.455 e. The molecular formula is C17H17N3O. The molecule has 21 heavy (non-hydrogen) atoms. The number of benzene rings is 1. The average Bonchev–Trinajstić information content (AvgIpc) is 2.54. The first-order chi connectivity index (χ1) is 10.4. The summed E-state index contributed by atoms with van der Waals surface area (Å²) in [5.41, 5.74) is 0.861. The molecule has 0 bridgehead atoms. The van der Waals surface area contributed by atoms with E-state index in [0.717, 1.165) is 41.2 Å². The van der Waals surface area contributed by atoms with Crippen molar-refractivity contribution in [3.8, 4) is 11.5 Å². The minimum absolute atomic E-state index is 0.751. The summed E-state index contributed by atoms with van der Waals surface area (Å²) in [5, 5.41) is 4.31. The first-order valence-electron chi connectivity index (χ1n) is 7.08. The first-order valence-corrected chi connectivity index (χ1v) is 7.08. The van der Waals surface area contributed by atoms with Gasteiger partial charge in [-0.3, -0.25) is 4.98 Å². The minimum atomic E-state index is 0.751. The second kappa shape index (κ2) is 6.22. The van der Waals surface area contributed by atoms with E-state index in [4.69, 9.17) is 4.74 Å². The molecule has 0 saturated carbocycles. The van der Waals surface area contributed by atoms with E-state index in [1.54, 1.807) is 12.4 Å². The summed E-state index contributed by atoms with van der Waals surface area (Å²) in [5.74, 6) is 2.32. The highest BCUT2D eigenvalue weighted by Gasteiger charge is 2.05. The van der Waals surface area contributed by atoms with Crippen molar-refractivity contribution in [2.75, 3.05) is 11.9 Å². The lowest BCUT2D eigenvalue weighted by Gasteiger charge is -2.09. The van der Waals surface area contributed by atoms with E-state index in [1.807, 2.05) is 42.5 Å². The van der Waals surface area contributed by atoms with E-state index in [0.29, 0.717) is 0 Å². The van der Waals surface area contributed by atoms with Crippen LogP contribution in [0.2, 0.25) is 0 Å². The third-order valence-electron chi connectivity index (χ3n) is 3.11. The topological polar surface area (TPSA) is 47.0 Å². The smallest absolute Gasteiger partial charge is 0.153 e. The summed E-state index contributed by atoms with van der Waals surface area (Å²) < 4.78 is 5.97. The van der Waals surface area contributed by atoms with Crippen LogP contribution < -0.4 is 10.1 Å². The van der Waals surface area contributed by atoms with Gasteiger partial charge in [0.05, 0.1) is 0 Å². The Morgan fingerprint density at radius 3 is 2.86 bits per heavy atom. The lowest BCUT2D eigenvalue weighted by molar-refractivity contribution is 0.486. The quantitative estimate of drug-likeness (QED) is 0.758. The second-order valence-corrected chi connectivity index (χ2v) is 4.74. The molecule has 0 aliphatic carbocycles. The average molecular weight is 279 g/mol. The summed E-state index contributed by atoms with van der Waals surface area (Å²) in [6.07, 6.45) is 4.57. The fourth-order valence-corrected chi connectivity index (χ4v) is 2.11. The first kappa shape index (κ1) is 13.4. The number of anilines is 1. The largest absolute Gasteiger partial charge is 0.455 e. The molecule has 1 aromatic carbocycles. The monoisotopic (exact) mass is 279 g/mol. The zero-order valence-corrected chi connectivity index (χ0v) is 11.9. The van der Waals surface area contributed by atoms with Gasteiger partial charge in [0.1, 0.15) is 17.1 Å². The summed E-state index contributed by atoms with van der Waals surface area (Å²) in [6.45, 7) is 3.02. The molecule has 2 heterocycles. The van der Waals surface area contributed by atoms with Gasteiger partial charge in [-0.15, -0.1) is 0 Å². The molecule has 0 saturated heterocycles. The lowest BCUT2D eigenvalue weighted by Crippen LogP contribution is -2.01. The van der Waals surface area contributed by atoms with Crippen molar-refractivity contribution in [1.82, 2.24) is 9.97 Å². The highest BCUT2D eigenvalue weighted by Crippen LogP contribution is 2.28. The summed E-state index contributed by atoms with van der Waals surface area (Å²) in [4.78, 5) is 8.67. The van der Waals surface area contributed by atoms with Gasteiger partial charge < -0.3 is 10.1 Å². The SMILES string of the molecule is CCCNc1cc(Oc2cccc3cccnc23)ccn1. The number of nitrogens with zero attached hydrogens (tertiary/aromatic N) is 2. The van der Waals surface area contributed by atoms with E-state index in [1.165, 1.54) is 0 Å². The number of hydrogen-bond acceptors (Lipinski definition) is 4. The molecule has 0 unspecified atom stereocenters. The molecule has 0 aliphatic rings. The van der Waals surface area contributed by atoms with Crippen LogP contribution in [0.3, 0.4) is 0 Å². The van der Waals surface area contributed by atoms with Crippen molar-refractivity contribution in [3.05, 3.63) is 54.9 Å². The molecule has 0 radical (unpaired) electrons. The zero-order chi connectivity index (χ0) is 14.5. The lowest BCUT2D eigenvalue weighted by atomic mass is 10.2. The molecule has 1 N–H and O–H groups in total. The van der Waals surface area contributed by atoms with Crippen LogP contribution in [-0.2, 0) is 0 Å². The van der Waals surface area contributed by atoms with Crippen molar-refractivity contribution in [2.45, 2.75) is 13.3 Å². The van der Waals surface area contributed by atoms with E-state index in [9.17, 15) is 0 Å². The van der Waals surface area contributed by atoms with Crippen LogP contribution in [0.15, 0.2) is 54.9 Å². The van der Waals surface area contributed by atoms with E-state index in [-0.39, 0.29) is 0 Å². The number of ether oxygens (including phenoxy) is 1. The third-order valence-corrected chi connectivity index (χ3v) is 3.11. The maximum absolute atomic E-state index is 5.97. The summed E-state index contributed by atoms with van der Waals surface area (Å²) in [7, 11) is 0. The Labute approximate surface area is 123 Å². The molecule has 3 rings (SSSR count). The molecule has 0 fully saturated rings. The number of pyridine rings is 2. The van der Waals surface area contributed by atoms with Gasteiger partial charge in [0, 0.05) is 30.4 Å². The Hall–Kier alpha value is -2.62. The Bertz CT molecular complexity index is 737. The Morgan fingerprint density at radius 1 is 1.05 bits per heavy atom. The van der Waals surface area contributed by atoms with Crippen LogP contribution in [0.4, 0.5) is 5.82 Å². The van der Waals surface area contributed by atoms with Crippen LogP contribution in [0.5, 0.6) is 11.5 Å². The van der Waals surface area contributed by atoms with Crippen molar-refractivity contribution in [2.24, 2.45) is 0 Å². The fraction of sp³-hybridized carbons (Fsp3) is 0.176. The highest BCUT2D eigenvalue weighted by atomic mass is 16.5. The molecule has 0 atom stereocenters. The Kier molecular flexibility index (Phi) is 3.96. The second-order valence-electron chi connectivity index (χ2n) is 4.74. The molecule has 4 heteroatoms. The molecule has 4 nitrogen and oxygen atoms in total. The van der Waals surface area contributed by atoms with Gasteiger partial charge in [0.25, 0.3) is 0 Å². The molecule has 0 aliphatic heterocycles. The van der Waals surface area contributed by atoms with E-state index < -0.39 is 0 Å². The summed E-state index contributed by atoms with van der Waals surface area (Å²) >= 11 is 0. The van der Waals surface area contributed by atoms with Crippen LogP contribution >= 0.6 is 0 Å². The highest BCUT2D eigenvalue weighted by molar-refractivity contribution is 5.84. The third kappa shape index (κ3) is 3.11. The number of para-hydroxylation sites is 1. The maximum Gasteiger partial charge on any atom is 0.153 e. The van der Waals surface area contributed by atoms with Crippen molar-refractivity contribution >= 4 is 16.7 Å². The Morgan fingerprint density at radius 2 is 1.95 bits per heavy atom. The number of rotatable bonds is 5. The normalized spacial score (nSPS) is 10.5. The standard InChI is InChI=1S/C17H17N3O/c1-2-9-18-16-12-14(8-11-19-16)21-15-7-3-5-13-6-4-10-20-17(13)15/h3-8,10-12H,2,9H2,1H3,(H,18,19). The molecule has 0 spiro atoms. The molecule has 3 aromatic rings. The van der Waals surface area contributed by atoms with Gasteiger partial charge >= 0.3 is 0 Å². The van der Waals surface area contributed by atoms with E-state index >= 15 is 0 Å². The van der Waals surface area contributed by atoms with E-state index in [2.05, 4.69) is 22.2 Å². The molecular weight excluding hydrogens is 262 g/mol. The van der Waals surface area contributed by atoms with Gasteiger partial charge in [-0.2, -0.15) is 0 Å². The predicted molar refractivity (Wildman–Crippen MR) is 84.8 cm³/mol. The molecule has 2 aromatic heterocycles. The van der Waals surface area contributed by atoms with Gasteiger partial charge in [-0.1, -0.05) is 25.1 Å². The maximum atomic E-state index is 5.97. The van der Waals surface area contributed by atoms with Crippen molar-refractivity contribution < 1.29 is 4.74 Å². The van der Waals surface area contributed by atoms with Crippen LogP contribution in [0.25, 0.3) is 10.9 Å². The van der Waals surface area contributed by atoms with Gasteiger partial charge in [0.15, 0.2) is 5.75 Å². The van der Waals surface area contributed by atoms with Crippen molar-refractivity contribution in [1.29, 1.82) is 0 Å². The number of hydrogen-bond donors (Lipinski definition) is 1. The molecule has 106 valence electrons. The van der Waals surface area contributed by atoms with Gasteiger partial charge in [-0.05, 0) is 24.6 Å². The van der Waals surface area contributed by atoms with Crippen molar-refractivity contribution in [3.63, 3.8) is 0 Å². The number of nitrogens with one attached hydrogen (secondary N) is 1. The predicted octanol–water partition coefficient (Wildman–Crippen LogP) is 4.24. The van der Waals surface area contributed by atoms with Crippen LogP contribution in [0.1, 0.15) is 13.3 Å². The number of fused-ring (bicyclic) bond motifs is 1. The van der Waals surface area contributed by atoms with Gasteiger partial charge in [0.2, 0.25) is 0 Å². The summed E-state index contributed by atoms with van der Waals surface area (Å²) in [6, 6.07) is 13.6. The number of aromatic nitrogens is 2. The van der Waals surface area contributed by atoms with Crippen LogP contribution in [0, 0.1) is 0 Å².